The topological polar surface area (TPSA) is 108 Å². The molecule has 0 bridgehead atoms. The van der Waals surface area contributed by atoms with E-state index in [2.05, 4.69) is 10.3 Å². The molecular weight excluding hydrogens is 449 g/mol. The van der Waals surface area contributed by atoms with Gasteiger partial charge in [-0.2, -0.15) is 13.2 Å². The van der Waals surface area contributed by atoms with Crippen molar-refractivity contribution < 1.29 is 36.6 Å². The number of carbonyl (C=O) groups excluding carboxylic acids is 1. The van der Waals surface area contributed by atoms with Gasteiger partial charge in [-0.1, -0.05) is 0 Å². The summed E-state index contributed by atoms with van der Waals surface area (Å²) in [5.74, 6) is -4.43. The first kappa shape index (κ1) is 24.2. The summed E-state index contributed by atoms with van der Waals surface area (Å²) in [7, 11) is 0. The molecule has 1 amide bonds. The number of nitrogens with two attached hydrogens (primary N) is 1. The first-order chi connectivity index (χ1) is 15.3. The Morgan fingerprint density at radius 2 is 1.76 bits per heavy atom. The lowest BCUT2D eigenvalue weighted by Crippen LogP contribution is -2.24. The highest BCUT2D eigenvalue weighted by Crippen LogP contribution is 2.40. The Kier molecular flexibility index (Phi) is 6.46. The van der Waals surface area contributed by atoms with Crippen molar-refractivity contribution in [2.75, 3.05) is 6.54 Å². The number of carbonyl (C=O) groups is 2. The van der Waals surface area contributed by atoms with E-state index in [0.29, 0.717) is 35.0 Å². The maximum absolute atomic E-state index is 15.2. The number of nitrogens with one attached hydrogen (secondary N) is 2. The maximum atomic E-state index is 15.2. The van der Waals surface area contributed by atoms with Gasteiger partial charge in [0.05, 0.1) is 11.1 Å². The Morgan fingerprint density at radius 1 is 1.12 bits per heavy atom. The number of fused-ring (bicyclic) bond motifs is 2. The number of carboxylic acid groups (broad SMARTS) is 1. The molecule has 0 radical (unpaired) electrons. The lowest BCUT2D eigenvalue weighted by Gasteiger charge is -2.22. The van der Waals surface area contributed by atoms with Crippen molar-refractivity contribution in [3.63, 3.8) is 0 Å². The summed E-state index contributed by atoms with van der Waals surface area (Å²) in [6.07, 6.45) is -4.40. The third-order valence-corrected chi connectivity index (χ3v) is 5.48. The lowest BCUT2D eigenvalue weighted by atomic mass is 9.88. The van der Waals surface area contributed by atoms with Crippen LogP contribution in [0, 0.1) is 25.5 Å². The number of aromatic amines is 1. The zero-order valence-corrected chi connectivity index (χ0v) is 17.6. The van der Waals surface area contributed by atoms with Crippen molar-refractivity contribution in [2.24, 2.45) is 5.73 Å². The molecule has 1 aromatic heterocycles. The number of hydrogen-bond donors (Lipinski definition) is 4. The Balaban J connectivity index is 0.000000383. The Hall–Kier alpha value is -3.47. The molecular formula is C22H20F5N3O3. The number of carboxylic acids is 1. The van der Waals surface area contributed by atoms with Gasteiger partial charge < -0.3 is 21.1 Å². The van der Waals surface area contributed by atoms with E-state index >= 15 is 4.39 Å². The molecule has 2 heterocycles. The average Bonchev–Trinajstić information content (AvgIpc) is 3.01. The number of aliphatic carboxylic acids is 1. The van der Waals surface area contributed by atoms with E-state index < -0.39 is 29.7 Å². The molecule has 0 atom stereocenters. The largest absolute Gasteiger partial charge is 0.490 e. The molecule has 0 spiro atoms. The van der Waals surface area contributed by atoms with Crippen molar-refractivity contribution in [2.45, 2.75) is 33.0 Å². The minimum atomic E-state index is -5.08. The van der Waals surface area contributed by atoms with Crippen LogP contribution in [0.1, 0.15) is 32.7 Å². The fourth-order valence-electron chi connectivity index (χ4n) is 3.89. The van der Waals surface area contributed by atoms with Crippen LogP contribution in [0.5, 0.6) is 0 Å². The van der Waals surface area contributed by atoms with Gasteiger partial charge in [-0.05, 0) is 67.3 Å². The van der Waals surface area contributed by atoms with Gasteiger partial charge in [-0.3, -0.25) is 4.79 Å². The minimum absolute atomic E-state index is 0.101. The molecule has 0 fully saturated rings. The van der Waals surface area contributed by atoms with Crippen LogP contribution in [-0.2, 0) is 17.8 Å². The number of halogens is 5. The highest BCUT2D eigenvalue weighted by atomic mass is 19.4. The third-order valence-electron chi connectivity index (χ3n) is 5.48. The highest BCUT2D eigenvalue weighted by Gasteiger charge is 2.38. The number of amides is 1. The van der Waals surface area contributed by atoms with Crippen molar-refractivity contribution in [1.82, 2.24) is 10.3 Å². The van der Waals surface area contributed by atoms with Crippen molar-refractivity contribution >= 4 is 22.8 Å². The monoisotopic (exact) mass is 469 g/mol. The number of aryl methyl sites for hydroxylation is 2. The molecule has 176 valence electrons. The second-order valence-electron chi connectivity index (χ2n) is 7.59. The van der Waals surface area contributed by atoms with Gasteiger partial charge in [0.15, 0.2) is 0 Å². The summed E-state index contributed by atoms with van der Waals surface area (Å²) in [5.41, 5.74) is 10.3. The van der Waals surface area contributed by atoms with E-state index in [1.807, 2.05) is 13.8 Å². The van der Waals surface area contributed by atoms with Crippen molar-refractivity contribution in [1.29, 1.82) is 0 Å². The standard InChI is InChI=1S/C20H19F2N3O.C2HF3O2/c1-9-10(2)25-19-15(20(23)26)7-16(22)18(17(9)19)14-6-12(21)5-11-8-24-4-3-13(11)14;3-2(4,5)1(6)7/h5-7,24-25H,3-4,8H2,1-2H3,(H2,23,26);(H,6,7). The molecule has 33 heavy (non-hydrogen) atoms. The van der Waals surface area contributed by atoms with Gasteiger partial charge >= 0.3 is 12.1 Å². The number of primary amides is 1. The SMILES string of the molecule is Cc1[nH]c2c(C(N)=O)cc(F)c(-c3cc(F)cc4c3CCNC4)c2c1C.O=C(O)C(F)(F)F. The Morgan fingerprint density at radius 3 is 2.33 bits per heavy atom. The average molecular weight is 469 g/mol. The molecule has 0 saturated heterocycles. The van der Waals surface area contributed by atoms with Crippen LogP contribution in [0.25, 0.3) is 22.0 Å². The summed E-state index contributed by atoms with van der Waals surface area (Å²) in [6, 6.07) is 4.02. The fourth-order valence-corrected chi connectivity index (χ4v) is 3.89. The zero-order valence-electron chi connectivity index (χ0n) is 17.6. The second-order valence-corrected chi connectivity index (χ2v) is 7.59. The molecule has 1 aliphatic rings. The first-order valence-corrected chi connectivity index (χ1v) is 9.76. The van der Waals surface area contributed by atoms with E-state index in [1.165, 1.54) is 12.1 Å². The van der Waals surface area contributed by atoms with Crippen LogP contribution in [0.2, 0.25) is 0 Å². The van der Waals surface area contributed by atoms with Gasteiger partial charge in [0.2, 0.25) is 0 Å². The first-order valence-electron chi connectivity index (χ1n) is 9.76. The number of rotatable bonds is 2. The van der Waals surface area contributed by atoms with Crippen LogP contribution >= 0.6 is 0 Å². The third kappa shape index (κ3) is 4.68. The fraction of sp³-hybridized carbons (Fsp3) is 0.273. The van der Waals surface area contributed by atoms with Crippen LogP contribution in [0.4, 0.5) is 22.0 Å². The molecule has 0 saturated carbocycles. The summed E-state index contributed by atoms with van der Waals surface area (Å²) in [5, 5.41) is 10.9. The predicted molar refractivity (Wildman–Crippen MR) is 111 cm³/mol. The number of hydrogen-bond acceptors (Lipinski definition) is 3. The molecule has 6 nitrogen and oxygen atoms in total. The summed E-state index contributed by atoms with van der Waals surface area (Å²) in [4.78, 5) is 23.8. The van der Waals surface area contributed by atoms with Gasteiger partial charge in [0.1, 0.15) is 11.6 Å². The van der Waals surface area contributed by atoms with E-state index in [4.69, 9.17) is 15.6 Å². The number of aromatic nitrogens is 1. The van der Waals surface area contributed by atoms with Crippen LogP contribution in [0.15, 0.2) is 18.2 Å². The van der Waals surface area contributed by atoms with Crippen molar-refractivity contribution in [3.05, 3.63) is 57.8 Å². The predicted octanol–water partition coefficient (Wildman–Crippen LogP) is 4.11. The number of alkyl halides is 3. The second kappa shape index (κ2) is 8.81. The summed E-state index contributed by atoms with van der Waals surface area (Å²) < 4.78 is 61.1. The van der Waals surface area contributed by atoms with Gasteiger partial charge in [0.25, 0.3) is 5.91 Å². The molecule has 4 rings (SSSR count). The zero-order chi connectivity index (χ0) is 24.7. The quantitative estimate of drug-likeness (QED) is 0.424. The molecule has 2 aromatic carbocycles. The Labute approximate surface area is 184 Å². The van der Waals surface area contributed by atoms with E-state index in [1.54, 1.807) is 0 Å². The molecule has 1 aliphatic heterocycles. The molecule has 0 aliphatic carbocycles. The number of H-pyrrole nitrogens is 1. The lowest BCUT2D eigenvalue weighted by molar-refractivity contribution is -0.192. The molecule has 5 N–H and O–H groups in total. The molecule has 0 unspecified atom stereocenters. The highest BCUT2D eigenvalue weighted by molar-refractivity contribution is 6.11. The molecule has 11 heteroatoms. The van der Waals surface area contributed by atoms with Crippen LogP contribution in [0.3, 0.4) is 0 Å². The summed E-state index contributed by atoms with van der Waals surface area (Å²) >= 11 is 0. The van der Waals surface area contributed by atoms with Crippen molar-refractivity contribution in [3.8, 4) is 11.1 Å². The number of benzene rings is 2. The van der Waals surface area contributed by atoms with Crippen LogP contribution in [-0.4, -0.2) is 34.7 Å². The normalized spacial score (nSPS) is 13.3. The van der Waals surface area contributed by atoms with Gasteiger partial charge in [0, 0.05) is 23.2 Å². The van der Waals surface area contributed by atoms with E-state index in [9.17, 15) is 22.4 Å². The van der Waals surface area contributed by atoms with Gasteiger partial charge in [-0.15, -0.1) is 0 Å². The van der Waals surface area contributed by atoms with E-state index in [0.717, 1.165) is 35.0 Å². The minimum Gasteiger partial charge on any atom is -0.475 e. The van der Waals surface area contributed by atoms with Crippen LogP contribution < -0.4 is 11.1 Å². The summed E-state index contributed by atoms with van der Waals surface area (Å²) in [6.45, 7) is 5.01. The van der Waals surface area contributed by atoms with Gasteiger partial charge in [-0.25, -0.2) is 13.6 Å². The Bertz CT molecular complexity index is 1260. The van der Waals surface area contributed by atoms with E-state index in [-0.39, 0.29) is 5.56 Å². The molecule has 3 aromatic rings. The maximum Gasteiger partial charge on any atom is 0.490 e. The smallest absolute Gasteiger partial charge is 0.475 e.